The first kappa shape index (κ1) is 9.72. The predicted molar refractivity (Wildman–Crippen MR) is 57.2 cm³/mol. The van der Waals surface area contributed by atoms with Crippen LogP contribution in [0.2, 0.25) is 0 Å². The SMILES string of the molecule is Cn1c(-c2cccc(O)c2O)n[nH]c1=S. The van der Waals surface area contributed by atoms with Crippen molar-refractivity contribution in [2.45, 2.75) is 0 Å². The van der Waals surface area contributed by atoms with Crippen LogP contribution in [0.25, 0.3) is 11.4 Å². The summed E-state index contributed by atoms with van der Waals surface area (Å²) >= 11 is 4.95. The topological polar surface area (TPSA) is 74.1 Å². The van der Waals surface area contributed by atoms with Crippen molar-refractivity contribution in [3.8, 4) is 22.9 Å². The highest BCUT2D eigenvalue weighted by Crippen LogP contribution is 2.34. The Hall–Kier alpha value is -1.82. The van der Waals surface area contributed by atoms with E-state index >= 15 is 0 Å². The standard InChI is InChI=1S/C9H9N3O2S/c1-12-8(10-11-9(12)15)5-3-2-4-6(13)7(5)14/h2-4,13-14H,1H3,(H,11,15). The third-order valence-corrected chi connectivity index (χ3v) is 2.50. The summed E-state index contributed by atoms with van der Waals surface area (Å²) in [5, 5.41) is 25.5. The summed E-state index contributed by atoms with van der Waals surface area (Å²) in [6, 6.07) is 4.68. The van der Waals surface area contributed by atoms with E-state index in [4.69, 9.17) is 12.2 Å². The molecule has 3 N–H and O–H groups in total. The Labute approximate surface area is 90.6 Å². The number of aromatic amines is 1. The highest BCUT2D eigenvalue weighted by atomic mass is 32.1. The van der Waals surface area contributed by atoms with Crippen LogP contribution in [0, 0.1) is 4.77 Å². The lowest BCUT2D eigenvalue weighted by Gasteiger charge is -2.04. The second-order valence-electron chi connectivity index (χ2n) is 3.08. The molecule has 0 unspecified atom stereocenters. The molecular formula is C9H9N3O2S. The quantitative estimate of drug-likeness (QED) is 0.506. The van der Waals surface area contributed by atoms with Crippen molar-refractivity contribution in [1.82, 2.24) is 14.8 Å². The first-order chi connectivity index (χ1) is 7.11. The molecule has 0 amide bonds. The number of para-hydroxylation sites is 1. The zero-order valence-electron chi connectivity index (χ0n) is 7.93. The number of hydrogen-bond donors (Lipinski definition) is 3. The normalized spacial score (nSPS) is 10.5. The van der Waals surface area contributed by atoms with Gasteiger partial charge in [-0.25, -0.2) is 0 Å². The highest BCUT2D eigenvalue weighted by Gasteiger charge is 2.12. The molecule has 2 rings (SSSR count). The Morgan fingerprint density at radius 2 is 2.13 bits per heavy atom. The van der Waals surface area contributed by atoms with Crippen molar-refractivity contribution in [1.29, 1.82) is 0 Å². The second kappa shape index (κ2) is 3.39. The number of hydrogen-bond acceptors (Lipinski definition) is 4. The van der Waals surface area contributed by atoms with Crippen LogP contribution in [0.4, 0.5) is 0 Å². The average Bonchev–Trinajstić information content (AvgIpc) is 2.53. The fourth-order valence-electron chi connectivity index (χ4n) is 1.30. The van der Waals surface area contributed by atoms with Gasteiger partial charge in [-0.15, -0.1) is 0 Å². The van der Waals surface area contributed by atoms with Crippen LogP contribution in [0.1, 0.15) is 0 Å². The number of aromatic hydroxyl groups is 2. The number of phenols is 2. The van der Waals surface area contributed by atoms with Crippen LogP contribution in [0.15, 0.2) is 18.2 Å². The predicted octanol–water partition coefficient (Wildman–Crippen LogP) is 1.56. The Balaban J connectivity index is 2.69. The van der Waals surface area contributed by atoms with Crippen LogP contribution in [0.3, 0.4) is 0 Å². The van der Waals surface area contributed by atoms with Gasteiger partial charge >= 0.3 is 0 Å². The van der Waals surface area contributed by atoms with Gasteiger partial charge in [0.25, 0.3) is 0 Å². The molecule has 0 aliphatic rings. The van der Waals surface area contributed by atoms with E-state index in [0.717, 1.165) is 0 Å². The van der Waals surface area contributed by atoms with E-state index in [-0.39, 0.29) is 11.5 Å². The molecule has 0 spiro atoms. The Morgan fingerprint density at radius 3 is 2.73 bits per heavy atom. The van der Waals surface area contributed by atoms with Gasteiger partial charge in [0, 0.05) is 7.05 Å². The third kappa shape index (κ3) is 1.48. The molecule has 0 fully saturated rings. The number of benzene rings is 1. The summed E-state index contributed by atoms with van der Waals surface area (Å²) in [5.74, 6) is 0.101. The zero-order valence-corrected chi connectivity index (χ0v) is 8.75. The molecule has 0 atom stereocenters. The lowest BCUT2D eigenvalue weighted by molar-refractivity contribution is 0.405. The summed E-state index contributed by atoms with van der Waals surface area (Å²) < 4.78 is 2.07. The number of phenolic OH excluding ortho intramolecular Hbond substituents is 2. The van der Waals surface area contributed by atoms with Gasteiger partial charge in [0.15, 0.2) is 22.1 Å². The lowest BCUT2D eigenvalue weighted by Crippen LogP contribution is -1.92. The number of H-pyrrole nitrogens is 1. The number of rotatable bonds is 1. The minimum absolute atomic E-state index is 0.179. The van der Waals surface area contributed by atoms with Gasteiger partial charge in [-0.3, -0.25) is 5.10 Å². The van der Waals surface area contributed by atoms with E-state index in [1.54, 1.807) is 23.7 Å². The molecule has 0 saturated carbocycles. The van der Waals surface area contributed by atoms with E-state index in [2.05, 4.69) is 10.2 Å². The maximum absolute atomic E-state index is 9.63. The Kier molecular flexibility index (Phi) is 2.20. The average molecular weight is 223 g/mol. The molecule has 78 valence electrons. The van der Waals surface area contributed by atoms with Crippen molar-refractivity contribution in [3.05, 3.63) is 23.0 Å². The van der Waals surface area contributed by atoms with E-state index in [1.165, 1.54) is 6.07 Å². The maximum Gasteiger partial charge on any atom is 0.195 e. The molecule has 2 aromatic rings. The third-order valence-electron chi connectivity index (χ3n) is 2.14. The number of aromatic nitrogens is 3. The molecule has 1 aromatic carbocycles. The smallest absolute Gasteiger partial charge is 0.195 e. The van der Waals surface area contributed by atoms with Crippen LogP contribution in [-0.2, 0) is 7.05 Å². The largest absolute Gasteiger partial charge is 0.504 e. The lowest BCUT2D eigenvalue weighted by atomic mass is 10.2. The van der Waals surface area contributed by atoms with Crippen LogP contribution in [-0.4, -0.2) is 25.0 Å². The fraction of sp³-hybridized carbons (Fsp3) is 0.111. The molecular weight excluding hydrogens is 214 g/mol. The first-order valence-electron chi connectivity index (χ1n) is 4.24. The monoisotopic (exact) mass is 223 g/mol. The second-order valence-corrected chi connectivity index (χ2v) is 3.47. The van der Waals surface area contributed by atoms with E-state index in [0.29, 0.717) is 16.2 Å². The van der Waals surface area contributed by atoms with E-state index < -0.39 is 0 Å². The first-order valence-corrected chi connectivity index (χ1v) is 4.65. The molecule has 0 aliphatic carbocycles. The van der Waals surface area contributed by atoms with Crippen LogP contribution < -0.4 is 0 Å². The van der Waals surface area contributed by atoms with Crippen molar-refractivity contribution >= 4 is 12.2 Å². The molecule has 0 aliphatic heterocycles. The van der Waals surface area contributed by atoms with Gasteiger partial charge in [-0.05, 0) is 24.4 Å². The highest BCUT2D eigenvalue weighted by molar-refractivity contribution is 7.71. The molecule has 15 heavy (non-hydrogen) atoms. The molecule has 0 radical (unpaired) electrons. The maximum atomic E-state index is 9.63. The van der Waals surface area contributed by atoms with Crippen molar-refractivity contribution in [3.63, 3.8) is 0 Å². The number of nitrogens with one attached hydrogen (secondary N) is 1. The Morgan fingerprint density at radius 1 is 1.40 bits per heavy atom. The minimum Gasteiger partial charge on any atom is -0.504 e. The van der Waals surface area contributed by atoms with Crippen LogP contribution in [0.5, 0.6) is 11.5 Å². The molecule has 5 nitrogen and oxygen atoms in total. The molecule has 0 saturated heterocycles. The molecule has 1 aromatic heterocycles. The summed E-state index contributed by atoms with van der Waals surface area (Å²) in [7, 11) is 1.73. The van der Waals surface area contributed by atoms with Gasteiger partial charge in [0.2, 0.25) is 0 Å². The number of nitrogens with zero attached hydrogens (tertiary/aromatic N) is 2. The molecule has 0 bridgehead atoms. The summed E-state index contributed by atoms with van der Waals surface area (Å²) in [4.78, 5) is 0. The van der Waals surface area contributed by atoms with E-state index in [1.807, 2.05) is 0 Å². The van der Waals surface area contributed by atoms with Gasteiger partial charge in [0.1, 0.15) is 0 Å². The van der Waals surface area contributed by atoms with E-state index in [9.17, 15) is 10.2 Å². The summed E-state index contributed by atoms with van der Waals surface area (Å²) in [6.45, 7) is 0. The van der Waals surface area contributed by atoms with Crippen molar-refractivity contribution < 1.29 is 10.2 Å². The fourth-order valence-corrected chi connectivity index (χ4v) is 1.43. The minimum atomic E-state index is -0.199. The van der Waals surface area contributed by atoms with Crippen molar-refractivity contribution in [2.24, 2.45) is 7.05 Å². The van der Waals surface area contributed by atoms with Gasteiger partial charge in [-0.1, -0.05) is 6.07 Å². The Bertz CT molecular complexity index is 559. The summed E-state index contributed by atoms with van der Waals surface area (Å²) in [6.07, 6.45) is 0. The summed E-state index contributed by atoms with van der Waals surface area (Å²) in [5.41, 5.74) is 0.435. The van der Waals surface area contributed by atoms with Gasteiger partial charge in [0.05, 0.1) is 5.56 Å². The van der Waals surface area contributed by atoms with Crippen LogP contribution >= 0.6 is 12.2 Å². The van der Waals surface area contributed by atoms with Crippen molar-refractivity contribution in [2.75, 3.05) is 0 Å². The zero-order chi connectivity index (χ0) is 11.0. The van der Waals surface area contributed by atoms with Gasteiger partial charge in [-0.2, -0.15) is 5.10 Å². The molecule has 1 heterocycles. The molecule has 6 heteroatoms. The van der Waals surface area contributed by atoms with Gasteiger partial charge < -0.3 is 14.8 Å².